The van der Waals surface area contributed by atoms with Crippen LogP contribution in [0.4, 0.5) is 15.1 Å². The van der Waals surface area contributed by atoms with Crippen molar-refractivity contribution in [1.29, 1.82) is 0 Å². The van der Waals surface area contributed by atoms with Crippen molar-refractivity contribution < 1.29 is 28.2 Å². The zero-order valence-electron chi connectivity index (χ0n) is 18.4. The number of esters is 1. The minimum absolute atomic E-state index is 0.0507. The first-order valence-electron chi connectivity index (χ1n) is 10.3. The van der Waals surface area contributed by atoms with Gasteiger partial charge in [0.15, 0.2) is 0 Å². The molecule has 0 aliphatic rings. The van der Waals surface area contributed by atoms with E-state index in [4.69, 9.17) is 9.47 Å². The van der Waals surface area contributed by atoms with Gasteiger partial charge in [-0.2, -0.15) is 0 Å². The summed E-state index contributed by atoms with van der Waals surface area (Å²) >= 11 is 0.908. The molecule has 2 aromatic carbocycles. The lowest BCUT2D eigenvalue weighted by atomic mass is 10.1. The molecule has 33 heavy (non-hydrogen) atoms. The Bertz CT molecular complexity index is 1190. The predicted octanol–water partition coefficient (Wildman–Crippen LogP) is 5.28. The third-order valence-corrected chi connectivity index (χ3v) is 5.82. The van der Waals surface area contributed by atoms with Crippen LogP contribution in [-0.4, -0.2) is 31.0 Å². The lowest BCUT2D eigenvalue weighted by Crippen LogP contribution is -2.16. The van der Waals surface area contributed by atoms with E-state index in [0.717, 1.165) is 17.4 Å². The van der Waals surface area contributed by atoms with Crippen molar-refractivity contribution in [2.45, 2.75) is 20.8 Å². The summed E-state index contributed by atoms with van der Waals surface area (Å²) in [6, 6.07) is 12.4. The Morgan fingerprint density at radius 2 is 1.64 bits per heavy atom. The number of carbonyl (C=O) groups is 3. The van der Waals surface area contributed by atoms with Gasteiger partial charge < -0.3 is 20.1 Å². The van der Waals surface area contributed by atoms with Gasteiger partial charge in [-0.3, -0.25) is 9.59 Å². The molecule has 0 saturated carbocycles. The minimum Gasteiger partial charge on any atom is -0.492 e. The van der Waals surface area contributed by atoms with E-state index >= 15 is 0 Å². The molecule has 3 rings (SSSR count). The summed E-state index contributed by atoms with van der Waals surface area (Å²) in [4.78, 5) is 38.5. The maximum absolute atomic E-state index is 14.1. The molecule has 1 heterocycles. The van der Waals surface area contributed by atoms with E-state index in [2.05, 4.69) is 10.6 Å². The molecule has 0 bridgehead atoms. The molecular formula is C24H23FN2O5S. The fourth-order valence-electron chi connectivity index (χ4n) is 3.11. The van der Waals surface area contributed by atoms with E-state index in [1.807, 2.05) is 6.92 Å². The zero-order valence-corrected chi connectivity index (χ0v) is 19.2. The summed E-state index contributed by atoms with van der Waals surface area (Å²) in [5.74, 6) is -2.12. The van der Waals surface area contributed by atoms with Crippen molar-refractivity contribution in [2.75, 3.05) is 23.8 Å². The Morgan fingerprint density at radius 3 is 2.33 bits per heavy atom. The molecule has 0 aliphatic carbocycles. The van der Waals surface area contributed by atoms with E-state index in [-0.39, 0.29) is 27.6 Å². The lowest BCUT2D eigenvalue weighted by Gasteiger charge is -2.11. The van der Waals surface area contributed by atoms with Crippen LogP contribution in [0.15, 0.2) is 48.5 Å². The third-order valence-electron chi connectivity index (χ3n) is 4.61. The van der Waals surface area contributed by atoms with Crippen LogP contribution in [0.2, 0.25) is 0 Å². The second-order valence-corrected chi connectivity index (χ2v) is 7.82. The van der Waals surface area contributed by atoms with Gasteiger partial charge >= 0.3 is 5.97 Å². The Kier molecular flexibility index (Phi) is 7.78. The normalized spacial score (nSPS) is 10.4. The number of anilines is 2. The summed E-state index contributed by atoms with van der Waals surface area (Å²) < 4.78 is 24.7. The smallest absolute Gasteiger partial charge is 0.341 e. The number of hydrogen-bond donors (Lipinski definition) is 2. The van der Waals surface area contributed by atoms with Crippen molar-refractivity contribution in [3.05, 3.63) is 75.9 Å². The maximum atomic E-state index is 14.1. The molecule has 0 spiro atoms. The summed E-state index contributed by atoms with van der Waals surface area (Å²) in [6.07, 6.45) is 0. The highest BCUT2D eigenvalue weighted by atomic mass is 32.1. The molecule has 3 aromatic rings. The van der Waals surface area contributed by atoms with Crippen LogP contribution in [-0.2, 0) is 4.74 Å². The van der Waals surface area contributed by atoms with Crippen LogP contribution in [0, 0.1) is 12.7 Å². The van der Waals surface area contributed by atoms with Crippen molar-refractivity contribution in [1.82, 2.24) is 0 Å². The van der Waals surface area contributed by atoms with Gasteiger partial charge in [0, 0.05) is 0 Å². The van der Waals surface area contributed by atoms with Crippen LogP contribution >= 0.6 is 11.3 Å². The molecule has 1 aromatic heterocycles. The zero-order chi connectivity index (χ0) is 24.0. The molecule has 2 amide bonds. The van der Waals surface area contributed by atoms with Gasteiger partial charge in [-0.05, 0) is 50.6 Å². The van der Waals surface area contributed by atoms with E-state index in [0.29, 0.717) is 23.6 Å². The second-order valence-electron chi connectivity index (χ2n) is 6.80. The van der Waals surface area contributed by atoms with Crippen LogP contribution < -0.4 is 15.4 Å². The average molecular weight is 471 g/mol. The van der Waals surface area contributed by atoms with Gasteiger partial charge in [-0.1, -0.05) is 24.3 Å². The molecule has 172 valence electrons. The van der Waals surface area contributed by atoms with Gasteiger partial charge in [0.25, 0.3) is 11.8 Å². The van der Waals surface area contributed by atoms with Gasteiger partial charge in [0.1, 0.15) is 16.6 Å². The molecule has 9 heteroatoms. The molecule has 0 unspecified atom stereocenters. The largest absolute Gasteiger partial charge is 0.492 e. The van der Waals surface area contributed by atoms with Gasteiger partial charge in [0.2, 0.25) is 0 Å². The maximum Gasteiger partial charge on any atom is 0.341 e. The van der Waals surface area contributed by atoms with Crippen LogP contribution in [0.3, 0.4) is 0 Å². The highest BCUT2D eigenvalue weighted by Gasteiger charge is 2.27. The lowest BCUT2D eigenvalue weighted by molar-refractivity contribution is 0.0527. The fourth-order valence-corrected chi connectivity index (χ4v) is 4.20. The number of nitrogens with one attached hydrogen (secondary N) is 2. The number of thiophene rings is 1. The molecule has 2 N–H and O–H groups in total. The number of carbonyl (C=O) groups excluding carboxylic acids is 3. The number of hydrogen-bond acceptors (Lipinski definition) is 6. The molecule has 0 radical (unpaired) electrons. The SMILES string of the molecule is CCOC(=O)c1c(NC(=O)c2ccccc2F)sc(C(=O)Nc2ccccc2OCC)c1C. The van der Waals surface area contributed by atoms with Crippen LogP contribution in [0.5, 0.6) is 5.75 Å². The minimum atomic E-state index is -0.742. The summed E-state index contributed by atoms with van der Waals surface area (Å²) in [5, 5.41) is 5.43. The molecule has 0 atom stereocenters. The quantitative estimate of drug-likeness (QED) is 0.437. The van der Waals surface area contributed by atoms with E-state index in [1.54, 1.807) is 38.1 Å². The summed E-state index contributed by atoms with van der Waals surface area (Å²) in [5.41, 5.74) is 0.672. The summed E-state index contributed by atoms with van der Waals surface area (Å²) in [7, 11) is 0. The molecule has 0 saturated heterocycles. The first-order valence-corrected chi connectivity index (χ1v) is 11.1. The first kappa shape index (κ1) is 23.9. The van der Waals surface area contributed by atoms with E-state index in [1.165, 1.54) is 18.2 Å². The van der Waals surface area contributed by atoms with Crippen molar-refractivity contribution in [3.8, 4) is 5.75 Å². The van der Waals surface area contributed by atoms with Gasteiger partial charge in [0.05, 0.1) is 34.9 Å². The summed E-state index contributed by atoms with van der Waals surface area (Å²) in [6.45, 7) is 5.60. The van der Waals surface area contributed by atoms with E-state index < -0.39 is 23.6 Å². The number of para-hydroxylation sites is 2. The van der Waals surface area contributed by atoms with E-state index in [9.17, 15) is 18.8 Å². The van der Waals surface area contributed by atoms with Crippen LogP contribution in [0.25, 0.3) is 0 Å². The standard InChI is InChI=1S/C24H23FN2O5S/c1-4-31-18-13-9-8-12-17(18)26-22(29)20-14(3)19(24(30)32-5-2)23(33-20)27-21(28)15-10-6-7-11-16(15)25/h6-13H,4-5H2,1-3H3,(H,26,29)(H,27,28). The number of amides is 2. The van der Waals surface area contributed by atoms with Gasteiger partial charge in [-0.25, -0.2) is 9.18 Å². The van der Waals surface area contributed by atoms with Crippen LogP contribution in [0.1, 0.15) is 49.8 Å². The fraction of sp³-hybridized carbons (Fsp3) is 0.208. The highest BCUT2D eigenvalue weighted by Crippen LogP contribution is 2.35. The number of ether oxygens (including phenoxy) is 2. The van der Waals surface area contributed by atoms with Gasteiger partial charge in [-0.15, -0.1) is 11.3 Å². The number of benzene rings is 2. The Hall–Kier alpha value is -3.72. The third kappa shape index (κ3) is 5.38. The van der Waals surface area contributed by atoms with Crippen molar-refractivity contribution >= 4 is 39.8 Å². The molecular weight excluding hydrogens is 447 g/mol. The number of rotatable bonds is 8. The topological polar surface area (TPSA) is 93.7 Å². The molecule has 7 nitrogen and oxygen atoms in total. The molecule has 0 aliphatic heterocycles. The second kappa shape index (κ2) is 10.7. The van der Waals surface area contributed by atoms with Crippen molar-refractivity contribution in [3.63, 3.8) is 0 Å². The average Bonchev–Trinajstić information content (AvgIpc) is 3.11. The molecule has 0 fully saturated rings. The Labute approximate surface area is 194 Å². The predicted molar refractivity (Wildman–Crippen MR) is 125 cm³/mol. The van der Waals surface area contributed by atoms with Crippen molar-refractivity contribution in [2.24, 2.45) is 0 Å². The monoisotopic (exact) mass is 470 g/mol. The Morgan fingerprint density at radius 1 is 0.939 bits per heavy atom. The number of halogens is 1. The highest BCUT2D eigenvalue weighted by molar-refractivity contribution is 7.19. The Balaban J connectivity index is 1.96. The first-order chi connectivity index (χ1) is 15.9.